The molecule has 4 rings (SSSR count). The van der Waals surface area contributed by atoms with E-state index in [4.69, 9.17) is 23.8 Å². The Morgan fingerprint density at radius 1 is 1.12 bits per heavy atom. The lowest BCUT2D eigenvalue weighted by molar-refractivity contribution is 0.567. The van der Waals surface area contributed by atoms with Gasteiger partial charge in [0.05, 0.1) is 17.8 Å². The van der Waals surface area contributed by atoms with Gasteiger partial charge in [0.25, 0.3) is 0 Å². The van der Waals surface area contributed by atoms with Crippen LogP contribution in [0.25, 0.3) is 0 Å². The van der Waals surface area contributed by atoms with E-state index in [2.05, 4.69) is 27.5 Å². The molecule has 0 amide bonds. The summed E-state index contributed by atoms with van der Waals surface area (Å²) in [5.74, 6) is 0. The fourth-order valence-electron chi connectivity index (χ4n) is 3.27. The van der Waals surface area contributed by atoms with Crippen LogP contribution in [0.4, 0.5) is 5.69 Å². The lowest BCUT2D eigenvalue weighted by Crippen LogP contribution is -2.29. The number of aryl methyl sites for hydroxylation is 1. The molecular weight excluding hydrogens is 352 g/mol. The Bertz CT molecular complexity index is 891. The fourth-order valence-corrected chi connectivity index (χ4v) is 3.75. The largest absolute Gasteiger partial charge is 0.357 e. The SMILES string of the molecule is Cn1ccc([C@@H]2[C@H](c3ccccn3)NC(=S)N2c2ccc(Cl)cc2)c1. The van der Waals surface area contributed by atoms with Gasteiger partial charge in [0, 0.05) is 36.3 Å². The van der Waals surface area contributed by atoms with Crippen molar-refractivity contribution in [2.24, 2.45) is 7.05 Å². The lowest BCUT2D eigenvalue weighted by Gasteiger charge is -2.27. The monoisotopic (exact) mass is 368 g/mol. The molecule has 0 bridgehead atoms. The van der Waals surface area contributed by atoms with Gasteiger partial charge in [-0.1, -0.05) is 17.7 Å². The van der Waals surface area contributed by atoms with E-state index in [-0.39, 0.29) is 12.1 Å². The van der Waals surface area contributed by atoms with Crippen LogP contribution in [-0.2, 0) is 7.05 Å². The number of aromatic nitrogens is 2. The Morgan fingerprint density at radius 3 is 2.56 bits per heavy atom. The van der Waals surface area contributed by atoms with Crippen molar-refractivity contribution >= 4 is 34.6 Å². The zero-order chi connectivity index (χ0) is 17.4. The Labute approximate surface area is 157 Å². The summed E-state index contributed by atoms with van der Waals surface area (Å²) in [5.41, 5.74) is 3.16. The minimum absolute atomic E-state index is 0.0183. The Balaban J connectivity index is 1.81. The Morgan fingerprint density at radius 2 is 1.92 bits per heavy atom. The maximum absolute atomic E-state index is 6.06. The van der Waals surface area contributed by atoms with E-state index in [0.29, 0.717) is 10.1 Å². The number of halogens is 1. The second-order valence-electron chi connectivity index (χ2n) is 6.08. The molecule has 2 aromatic heterocycles. The number of nitrogens with zero attached hydrogens (tertiary/aromatic N) is 3. The van der Waals surface area contributed by atoms with Crippen molar-refractivity contribution in [2.45, 2.75) is 12.1 Å². The van der Waals surface area contributed by atoms with Crippen LogP contribution >= 0.6 is 23.8 Å². The summed E-state index contributed by atoms with van der Waals surface area (Å²) in [7, 11) is 2.02. The van der Waals surface area contributed by atoms with E-state index in [0.717, 1.165) is 11.4 Å². The van der Waals surface area contributed by atoms with Crippen molar-refractivity contribution in [1.82, 2.24) is 14.9 Å². The summed E-state index contributed by atoms with van der Waals surface area (Å²) in [5, 5.41) is 4.84. The highest BCUT2D eigenvalue weighted by atomic mass is 35.5. The van der Waals surface area contributed by atoms with Gasteiger partial charge in [-0.2, -0.15) is 0 Å². The normalized spacial score (nSPS) is 19.9. The number of hydrogen-bond donors (Lipinski definition) is 1. The third-order valence-corrected chi connectivity index (χ3v) is 4.97. The van der Waals surface area contributed by atoms with E-state index in [9.17, 15) is 0 Å². The third kappa shape index (κ3) is 3.01. The van der Waals surface area contributed by atoms with E-state index in [1.165, 1.54) is 5.56 Å². The molecule has 0 radical (unpaired) electrons. The molecule has 126 valence electrons. The third-order valence-electron chi connectivity index (χ3n) is 4.40. The molecule has 1 aliphatic rings. The molecule has 2 atom stereocenters. The molecule has 1 aromatic carbocycles. The van der Waals surface area contributed by atoms with Gasteiger partial charge in [-0.3, -0.25) is 4.98 Å². The van der Waals surface area contributed by atoms with Gasteiger partial charge < -0.3 is 14.8 Å². The van der Waals surface area contributed by atoms with Crippen molar-refractivity contribution in [3.63, 3.8) is 0 Å². The average molecular weight is 369 g/mol. The molecule has 25 heavy (non-hydrogen) atoms. The molecule has 0 aliphatic carbocycles. The van der Waals surface area contributed by atoms with Crippen molar-refractivity contribution in [2.75, 3.05) is 4.90 Å². The lowest BCUT2D eigenvalue weighted by atomic mass is 9.98. The molecule has 1 aliphatic heterocycles. The summed E-state index contributed by atoms with van der Waals surface area (Å²) in [6.07, 6.45) is 5.98. The van der Waals surface area contributed by atoms with Crippen molar-refractivity contribution in [3.8, 4) is 0 Å². The van der Waals surface area contributed by atoms with E-state index < -0.39 is 0 Å². The summed E-state index contributed by atoms with van der Waals surface area (Å²) in [4.78, 5) is 6.68. The summed E-state index contributed by atoms with van der Waals surface area (Å²) in [6.45, 7) is 0. The summed E-state index contributed by atoms with van der Waals surface area (Å²) >= 11 is 11.7. The molecule has 0 saturated carbocycles. The second kappa shape index (κ2) is 6.50. The number of anilines is 1. The number of thiocarbonyl (C=S) groups is 1. The van der Waals surface area contributed by atoms with Crippen LogP contribution in [0.2, 0.25) is 5.02 Å². The minimum atomic E-state index is -0.0215. The van der Waals surface area contributed by atoms with Gasteiger partial charge in [-0.15, -0.1) is 0 Å². The molecule has 1 N–H and O–H groups in total. The van der Waals surface area contributed by atoms with Crippen LogP contribution in [0.3, 0.4) is 0 Å². The molecule has 0 spiro atoms. The first-order chi connectivity index (χ1) is 12.1. The van der Waals surface area contributed by atoms with E-state index >= 15 is 0 Å². The van der Waals surface area contributed by atoms with Gasteiger partial charge in [0.15, 0.2) is 5.11 Å². The number of nitrogens with one attached hydrogen (secondary N) is 1. The highest BCUT2D eigenvalue weighted by Gasteiger charge is 2.40. The van der Waals surface area contributed by atoms with Gasteiger partial charge in [0.2, 0.25) is 0 Å². The molecule has 1 saturated heterocycles. The average Bonchev–Trinajstić information content (AvgIpc) is 3.20. The highest BCUT2D eigenvalue weighted by molar-refractivity contribution is 7.80. The number of rotatable bonds is 3. The molecule has 4 nitrogen and oxygen atoms in total. The first-order valence-electron chi connectivity index (χ1n) is 8.01. The van der Waals surface area contributed by atoms with Gasteiger partial charge in [-0.05, 0) is 60.2 Å². The minimum Gasteiger partial charge on any atom is -0.357 e. The topological polar surface area (TPSA) is 33.1 Å². The van der Waals surface area contributed by atoms with Gasteiger partial charge in [-0.25, -0.2) is 0 Å². The fraction of sp³-hybridized carbons (Fsp3) is 0.158. The molecule has 3 aromatic rings. The zero-order valence-corrected chi connectivity index (χ0v) is 15.2. The smallest absolute Gasteiger partial charge is 0.174 e. The van der Waals surface area contributed by atoms with Crippen LogP contribution < -0.4 is 10.2 Å². The number of hydrogen-bond acceptors (Lipinski definition) is 2. The molecular formula is C19H17ClN4S. The molecule has 1 fully saturated rings. The van der Waals surface area contributed by atoms with Crippen LogP contribution in [0.5, 0.6) is 0 Å². The van der Waals surface area contributed by atoms with E-state index in [1.54, 1.807) is 0 Å². The molecule has 0 unspecified atom stereocenters. The van der Waals surface area contributed by atoms with Crippen molar-refractivity contribution in [1.29, 1.82) is 0 Å². The van der Waals surface area contributed by atoms with Gasteiger partial charge >= 0.3 is 0 Å². The number of benzene rings is 1. The number of pyridine rings is 1. The van der Waals surface area contributed by atoms with Crippen LogP contribution in [0, 0.1) is 0 Å². The Kier molecular flexibility index (Phi) is 4.19. The molecule has 6 heteroatoms. The zero-order valence-electron chi connectivity index (χ0n) is 13.6. The quantitative estimate of drug-likeness (QED) is 0.700. The van der Waals surface area contributed by atoms with Crippen LogP contribution in [0.1, 0.15) is 23.3 Å². The summed E-state index contributed by atoms with van der Waals surface area (Å²) < 4.78 is 2.05. The standard InChI is InChI=1S/C19H17ClN4S/c1-23-11-9-13(12-23)18-17(16-4-2-3-10-21-16)22-19(25)24(18)15-7-5-14(20)6-8-15/h2-12,17-18H,1H3,(H,22,25)/t17-,18+/m0/s1. The van der Waals surface area contributed by atoms with Crippen LogP contribution in [0.15, 0.2) is 67.1 Å². The van der Waals surface area contributed by atoms with Crippen molar-refractivity contribution in [3.05, 3.63) is 83.4 Å². The second-order valence-corrected chi connectivity index (χ2v) is 6.91. The van der Waals surface area contributed by atoms with E-state index in [1.807, 2.05) is 66.5 Å². The highest BCUT2D eigenvalue weighted by Crippen LogP contribution is 2.41. The maximum atomic E-state index is 6.06. The first-order valence-corrected chi connectivity index (χ1v) is 8.80. The van der Waals surface area contributed by atoms with Crippen LogP contribution in [-0.4, -0.2) is 14.7 Å². The summed E-state index contributed by atoms with van der Waals surface area (Å²) in [6, 6.07) is 15.8. The predicted molar refractivity (Wildman–Crippen MR) is 105 cm³/mol. The Hall–Kier alpha value is -2.37. The first kappa shape index (κ1) is 16.1. The van der Waals surface area contributed by atoms with Gasteiger partial charge in [0.1, 0.15) is 0 Å². The van der Waals surface area contributed by atoms with Crippen molar-refractivity contribution < 1.29 is 0 Å². The molecule has 3 heterocycles. The maximum Gasteiger partial charge on any atom is 0.174 e. The predicted octanol–water partition coefficient (Wildman–Crippen LogP) is 4.25.